The fraction of sp³-hybridized carbons (Fsp3) is 0.435. The smallest absolute Gasteiger partial charge is 0.294 e. The van der Waals surface area contributed by atoms with Crippen LogP contribution in [0.1, 0.15) is 32.6 Å². The molecule has 2 aliphatic rings. The molecule has 1 N–H and O–H groups in total. The fourth-order valence-corrected chi connectivity index (χ4v) is 5.67. The van der Waals surface area contributed by atoms with Crippen molar-refractivity contribution < 1.29 is 14.6 Å². The number of pyridine rings is 1. The van der Waals surface area contributed by atoms with Gasteiger partial charge >= 0.3 is 0 Å². The zero-order chi connectivity index (χ0) is 21.6. The van der Waals surface area contributed by atoms with Gasteiger partial charge in [0.25, 0.3) is 5.19 Å². The summed E-state index contributed by atoms with van der Waals surface area (Å²) in [5.41, 5.74) is 2.65. The maximum atomic E-state index is 10.6. The number of hydrogen-bond acceptors (Lipinski definition) is 8. The highest BCUT2D eigenvalue weighted by molar-refractivity contribution is 7.16. The molecule has 0 aliphatic carbocycles. The van der Waals surface area contributed by atoms with E-state index in [4.69, 9.17) is 9.47 Å². The first-order valence-corrected chi connectivity index (χ1v) is 11.3. The van der Waals surface area contributed by atoms with Crippen LogP contribution in [-0.2, 0) is 0 Å². The summed E-state index contributed by atoms with van der Waals surface area (Å²) >= 11 is 1.38. The maximum absolute atomic E-state index is 10.6. The van der Waals surface area contributed by atoms with Gasteiger partial charge in [0.15, 0.2) is 5.01 Å². The molecular formula is C23H26N4O3S. The zero-order valence-corrected chi connectivity index (χ0v) is 18.7. The molecule has 3 atom stereocenters. The number of methoxy groups -OCH3 is 1. The van der Waals surface area contributed by atoms with E-state index in [-0.39, 0.29) is 17.4 Å². The van der Waals surface area contributed by atoms with Crippen LogP contribution in [0.15, 0.2) is 36.5 Å². The Hall–Kier alpha value is -2.71. The predicted molar refractivity (Wildman–Crippen MR) is 120 cm³/mol. The van der Waals surface area contributed by atoms with Crippen LogP contribution in [0.25, 0.3) is 21.7 Å². The molecule has 31 heavy (non-hydrogen) atoms. The third-order valence-electron chi connectivity index (χ3n) is 6.80. The molecule has 7 nitrogen and oxygen atoms in total. The van der Waals surface area contributed by atoms with E-state index >= 15 is 0 Å². The summed E-state index contributed by atoms with van der Waals surface area (Å²) in [7, 11) is 3.81. The third-order valence-corrected chi connectivity index (χ3v) is 7.64. The molecule has 1 aromatic carbocycles. The summed E-state index contributed by atoms with van der Waals surface area (Å²) < 4.78 is 11.4. The summed E-state index contributed by atoms with van der Waals surface area (Å²) in [6, 6.07) is 9.82. The Morgan fingerprint density at radius 1 is 1.19 bits per heavy atom. The Morgan fingerprint density at radius 2 is 2.03 bits per heavy atom. The lowest BCUT2D eigenvalue weighted by Crippen LogP contribution is -2.51. The van der Waals surface area contributed by atoms with Gasteiger partial charge in [-0.2, -0.15) is 0 Å². The average Bonchev–Trinajstić information content (AvgIpc) is 3.28. The SMILES string of the molecule is COc1cc(-c2ccc(-c3nnc(O[C@H]4CC5CC[C@](C)(C4)N5C)s3)c(O)c2)ccn1. The van der Waals surface area contributed by atoms with Crippen molar-refractivity contribution in [2.45, 2.75) is 50.3 Å². The summed E-state index contributed by atoms with van der Waals surface area (Å²) in [6.07, 6.45) is 6.33. The maximum Gasteiger partial charge on any atom is 0.294 e. The van der Waals surface area contributed by atoms with Crippen molar-refractivity contribution in [2.24, 2.45) is 0 Å². The molecule has 0 spiro atoms. The third kappa shape index (κ3) is 3.74. The number of fused-ring (bicyclic) bond motifs is 2. The quantitative estimate of drug-likeness (QED) is 0.633. The number of rotatable bonds is 5. The van der Waals surface area contributed by atoms with Crippen molar-refractivity contribution in [3.8, 4) is 38.5 Å². The van der Waals surface area contributed by atoms with Gasteiger partial charge in [-0.15, -0.1) is 5.10 Å². The van der Waals surface area contributed by atoms with E-state index in [1.165, 1.54) is 24.2 Å². The number of phenolic OH excluding ortho intramolecular Hbond substituents is 1. The molecule has 5 rings (SSSR count). The first-order chi connectivity index (χ1) is 14.9. The van der Waals surface area contributed by atoms with Gasteiger partial charge in [-0.25, -0.2) is 4.98 Å². The van der Waals surface area contributed by atoms with Crippen LogP contribution in [0, 0.1) is 0 Å². The number of aromatic nitrogens is 3. The molecule has 2 bridgehead atoms. The summed E-state index contributed by atoms with van der Waals surface area (Å²) in [4.78, 5) is 6.64. The molecule has 4 heterocycles. The monoisotopic (exact) mass is 438 g/mol. The largest absolute Gasteiger partial charge is 0.507 e. The predicted octanol–water partition coefficient (Wildman–Crippen LogP) is 4.38. The van der Waals surface area contributed by atoms with Gasteiger partial charge in [-0.05, 0) is 62.6 Å². The number of aromatic hydroxyl groups is 1. The lowest BCUT2D eigenvalue weighted by atomic mass is 9.89. The van der Waals surface area contributed by atoms with Crippen LogP contribution in [0.5, 0.6) is 16.8 Å². The van der Waals surface area contributed by atoms with Crippen LogP contribution in [0.4, 0.5) is 0 Å². The van der Waals surface area contributed by atoms with Crippen LogP contribution in [-0.4, -0.2) is 57.0 Å². The molecule has 162 valence electrons. The molecule has 0 radical (unpaired) electrons. The van der Waals surface area contributed by atoms with E-state index in [1.54, 1.807) is 19.4 Å². The van der Waals surface area contributed by atoms with Gasteiger partial charge in [0.2, 0.25) is 5.88 Å². The number of piperidine rings is 1. The molecule has 0 saturated carbocycles. The number of nitrogens with zero attached hydrogens (tertiary/aromatic N) is 4. The second kappa shape index (κ2) is 7.76. The van der Waals surface area contributed by atoms with Crippen molar-refractivity contribution in [3.63, 3.8) is 0 Å². The lowest BCUT2D eigenvalue weighted by molar-refractivity contribution is 0.0176. The first-order valence-electron chi connectivity index (χ1n) is 10.5. The molecular weight excluding hydrogens is 412 g/mol. The second-order valence-electron chi connectivity index (χ2n) is 8.67. The fourth-order valence-electron chi connectivity index (χ4n) is 4.88. The minimum absolute atomic E-state index is 0.154. The number of phenols is 1. The molecule has 8 heteroatoms. The van der Waals surface area contributed by atoms with Gasteiger partial charge in [-0.1, -0.05) is 22.5 Å². The minimum Gasteiger partial charge on any atom is -0.507 e. The van der Waals surface area contributed by atoms with E-state index < -0.39 is 0 Å². The highest BCUT2D eigenvalue weighted by atomic mass is 32.1. The van der Waals surface area contributed by atoms with Crippen molar-refractivity contribution >= 4 is 11.3 Å². The van der Waals surface area contributed by atoms with Crippen molar-refractivity contribution in [1.29, 1.82) is 0 Å². The topological polar surface area (TPSA) is 80.6 Å². The Morgan fingerprint density at radius 3 is 2.81 bits per heavy atom. The summed E-state index contributed by atoms with van der Waals surface area (Å²) in [5.74, 6) is 0.684. The highest BCUT2D eigenvalue weighted by Crippen LogP contribution is 2.44. The highest BCUT2D eigenvalue weighted by Gasteiger charge is 2.47. The minimum atomic E-state index is 0.154. The molecule has 1 unspecified atom stereocenters. The standard InChI is InChI=1S/C23H26N4O3S/c1-23-8-6-16(27(23)2)12-17(13-23)30-22-26-25-21(31-22)18-5-4-14(10-19(18)28)15-7-9-24-20(11-15)29-3/h4-5,7,9-11,16-17,28H,6,8,12-13H2,1-3H3/t16?,17-,23+/m0/s1. The average molecular weight is 439 g/mol. The Bertz CT molecular complexity index is 1100. The van der Waals surface area contributed by atoms with Gasteiger partial charge in [0.1, 0.15) is 11.9 Å². The van der Waals surface area contributed by atoms with E-state index in [1.807, 2.05) is 24.3 Å². The van der Waals surface area contributed by atoms with E-state index in [9.17, 15) is 5.11 Å². The van der Waals surface area contributed by atoms with Crippen molar-refractivity contribution in [2.75, 3.05) is 14.2 Å². The zero-order valence-electron chi connectivity index (χ0n) is 17.9. The Labute approximate surface area is 185 Å². The van der Waals surface area contributed by atoms with E-state index in [0.717, 1.165) is 24.0 Å². The second-order valence-corrected chi connectivity index (χ2v) is 9.61. The lowest BCUT2D eigenvalue weighted by Gasteiger charge is -2.43. The van der Waals surface area contributed by atoms with Gasteiger partial charge < -0.3 is 14.6 Å². The van der Waals surface area contributed by atoms with Crippen molar-refractivity contribution in [1.82, 2.24) is 20.1 Å². The van der Waals surface area contributed by atoms with Gasteiger partial charge in [0.05, 0.1) is 12.7 Å². The molecule has 0 amide bonds. The first kappa shape index (κ1) is 20.2. The van der Waals surface area contributed by atoms with Crippen LogP contribution < -0.4 is 9.47 Å². The molecule has 3 aromatic rings. The summed E-state index contributed by atoms with van der Waals surface area (Å²) in [6.45, 7) is 2.33. The van der Waals surface area contributed by atoms with Gasteiger partial charge in [0, 0.05) is 30.3 Å². The van der Waals surface area contributed by atoms with E-state index in [2.05, 4.69) is 34.1 Å². The summed E-state index contributed by atoms with van der Waals surface area (Å²) in [5, 5.41) is 20.4. The Kier molecular flexibility index (Phi) is 5.06. The number of hydrogen-bond donors (Lipinski definition) is 1. The Balaban J connectivity index is 1.33. The van der Waals surface area contributed by atoms with Gasteiger partial charge in [-0.3, -0.25) is 4.90 Å². The molecule has 2 aromatic heterocycles. The number of ether oxygens (including phenoxy) is 2. The molecule has 2 aliphatic heterocycles. The number of benzene rings is 1. The van der Waals surface area contributed by atoms with E-state index in [0.29, 0.717) is 27.7 Å². The normalized spacial score (nSPS) is 25.5. The van der Waals surface area contributed by atoms with Crippen LogP contribution in [0.2, 0.25) is 0 Å². The van der Waals surface area contributed by atoms with Crippen LogP contribution >= 0.6 is 11.3 Å². The van der Waals surface area contributed by atoms with Crippen LogP contribution in [0.3, 0.4) is 0 Å². The molecule has 2 fully saturated rings. The van der Waals surface area contributed by atoms with Crippen molar-refractivity contribution in [3.05, 3.63) is 36.5 Å². The molecule has 2 saturated heterocycles.